The molecular weight excluding hydrogens is 346 g/mol. The molecule has 0 spiro atoms. The van der Waals surface area contributed by atoms with Gasteiger partial charge in [-0.2, -0.15) is 0 Å². The molecule has 1 aliphatic heterocycles. The minimum absolute atomic E-state index is 0.0160. The molecule has 0 saturated carbocycles. The van der Waals surface area contributed by atoms with Gasteiger partial charge >= 0.3 is 0 Å². The molecule has 142 valence electrons. The Labute approximate surface area is 170 Å². The van der Waals surface area contributed by atoms with Crippen molar-refractivity contribution in [1.82, 2.24) is 4.90 Å². The van der Waals surface area contributed by atoms with Gasteiger partial charge in [0.25, 0.3) is 0 Å². The van der Waals surface area contributed by atoms with Gasteiger partial charge in [-0.3, -0.25) is 0 Å². The normalized spacial score (nSPS) is 22.9. The lowest BCUT2D eigenvalue weighted by molar-refractivity contribution is 0.267. The average Bonchev–Trinajstić information content (AvgIpc) is 3.18. The van der Waals surface area contributed by atoms with Crippen LogP contribution < -0.4 is 0 Å². The molecule has 0 radical (unpaired) electrons. The minimum Gasteiger partial charge on any atom is -0.352 e. The summed E-state index contributed by atoms with van der Waals surface area (Å²) in [4.78, 5) is 3.60. The highest BCUT2D eigenvalue weighted by Gasteiger charge is 2.41. The highest BCUT2D eigenvalue weighted by atomic mass is 32.1. The maximum Gasteiger partial charge on any atom is 0.0826 e. The number of rotatable bonds is 6. The molecule has 0 bridgehead atoms. The van der Waals surface area contributed by atoms with Crippen LogP contribution in [0.2, 0.25) is 0 Å². The van der Waals surface area contributed by atoms with E-state index < -0.39 is 0 Å². The van der Waals surface area contributed by atoms with Gasteiger partial charge in [0.1, 0.15) is 0 Å². The van der Waals surface area contributed by atoms with Crippen molar-refractivity contribution >= 4 is 17.2 Å². The molecule has 1 fully saturated rings. The third-order valence-corrected chi connectivity index (χ3v) is 7.16. The van der Waals surface area contributed by atoms with Crippen LogP contribution in [-0.2, 0) is 0 Å². The molecular formula is C25H31NS. The minimum atomic E-state index is 0.0160. The van der Waals surface area contributed by atoms with E-state index in [2.05, 4.69) is 99.0 Å². The third-order valence-electron chi connectivity index (χ3n) is 6.60. The summed E-state index contributed by atoms with van der Waals surface area (Å²) in [6.07, 6.45) is 5.40. The Hall–Kier alpha value is -1.93. The molecule has 3 rings (SSSR count). The summed E-state index contributed by atoms with van der Waals surface area (Å²) >= 11 is 6.15. The fraction of sp³-hybridized carbons (Fsp3) is 0.400. The first kappa shape index (κ1) is 19.8. The predicted octanol–water partition coefficient (Wildman–Crippen LogP) is 7.13. The number of benzene rings is 2. The Balaban J connectivity index is 2.00. The van der Waals surface area contributed by atoms with Crippen molar-refractivity contribution in [1.29, 1.82) is 0 Å². The second-order valence-corrected chi connectivity index (χ2v) is 8.38. The van der Waals surface area contributed by atoms with E-state index in [0.717, 1.165) is 24.3 Å². The van der Waals surface area contributed by atoms with Crippen LogP contribution in [0.1, 0.15) is 63.2 Å². The van der Waals surface area contributed by atoms with E-state index in [1.54, 1.807) is 0 Å². The predicted molar refractivity (Wildman–Crippen MR) is 120 cm³/mol. The Morgan fingerprint density at radius 2 is 1.52 bits per heavy atom. The van der Waals surface area contributed by atoms with E-state index in [4.69, 9.17) is 12.2 Å². The lowest BCUT2D eigenvalue weighted by atomic mass is 9.75. The number of hydrogen-bond acceptors (Lipinski definition) is 1. The van der Waals surface area contributed by atoms with Crippen molar-refractivity contribution in [3.63, 3.8) is 0 Å². The molecule has 2 aromatic carbocycles. The van der Waals surface area contributed by atoms with Gasteiger partial charge in [0.05, 0.1) is 17.1 Å². The van der Waals surface area contributed by atoms with Crippen molar-refractivity contribution < 1.29 is 0 Å². The number of likely N-dealkylation sites (tertiary alicyclic amines) is 1. The van der Waals surface area contributed by atoms with Crippen LogP contribution in [0.5, 0.6) is 0 Å². The lowest BCUT2D eigenvalue weighted by Gasteiger charge is -2.41. The Morgan fingerprint density at radius 1 is 1.07 bits per heavy atom. The number of thiocarbonyl (C=S) groups is 1. The lowest BCUT2D eigenvalue weighted by Crippen LogP contribution is -2.40. The average molecular weight is 378 g/mol. The van der Waals surface area contributed by atoms with E-state index in [-0.39, 0.29) is 11.3 Å². The molecule has 1 heterocycles. The van der Waals surface area contributed by atoms with Crippen LogP contribution in [0.15, 0.2) is 73.3 Å². The monoisotopic (exact) mass is 377 g/mol. The maximum atomic E-state index is 6.15. The van der Waals surface area contributed by atoms with E-state index >= 15 is 0 Å². The smallest absolute Gasteiger partial charge is 0.0826 e. The van der Waals surface area contributed by atoms with E-state index in [0.29, 0.717) is 12.1 Å². The highest BCUT2D eigenvalue weighted by molar-refractivity contribution is 7.80. The molecule has 0 aromatic heterocycles. The molecule has 0 amide bonds. The molecule has 1 aliphatic rings. The second kappa shape index (κ2) is 8.39. The van der Waals surface area contributed by atoms with Gasteiger partial charge in [-0.15, -0.1) is 6.58 Å². The summed E-state index contributed by atoms with van der Waals surface area (Å²) < 4.78 is 0. The van der Waals surface area contributed by atoms with Crippen LogP contribution in [0.4, 0.5) is 0 Å². The van der Waals surface area contributed by atoms with Gasteiger partial charge < -0.3 is 4.90 Å². The summed E-state index contributed by atoms with van der Waals surface area (Å²) in [5.74, 6) is 0.269. The Kier molecular flexibility index (Phi) is 6.16. The summed E-state index contributed by atoms with van der Waals surface area (Å²) in [6, 6.07) is 22.4. The van der Waals surface area contributed by atoms with Crippen molar-refractivity contribution in [2.45, 2.75) is 52.1 Å². The van der Waals surface area contributed by atoms with Gasteiger partial charge in [-0.05, 0) is 35.8 Å². The van der Waals surface area contributed by atoms with Gasteiger partial charge in [-0.25, -0.2) is 0 Å². The maximum absolute atomic E-state index is 6.15. The zero-order valence-corrected chi connectivity index (χ0v) is 17.6. The van der Waals surface area contributed by atoms with Crippen LogP contribution in [0, 0.1) is 11.3 Å². The topological polar surface area (TPSA) is 3.24 Å². The molecule has 4 atom stereocenters. The van der Waals surface area contributed by atoms with Gasteiger partial charge in [0, 0.05) is 5.92 Å². The summed E-state index contributed by atoms with van der Waals surface area (Å²) in [6.45, 7) is 10.9. The quantitative estimate of drug-likeness (QED) is 0.389. The van der Waals surface area contributed by atoms with Crippen molar-refractivity contribution in [2.75, 3.05) is 0 Å². The van der Waals surface area contributed by atoms with Crippen LogP contribution >= 0.6 is 12.2 Å². The fourth-order valence-electron chi connectivity index (χ4n) is 4.26. The third kappa shape index (κ3) is 3.87. The molecule has 2 heteroatoms. The molecule has 27 heavy (non-hydrogen) atoms. The molecule has 0 unspecified atom stereocenters. The van der Waals surface area contributed by atoms with Gasteiger partial charge in [-0.1, -0.05) is 99.7 Å². The number of nitrogens with zero attached hydrogens (tertiary/aromatic N) is 1. The Bertz CT molecular complexity index is 722. The van der Waals surface area contributed by atoms with Crippen LogP contribution in [-0.4, -0.2) is 9.89 Å². The first-order valence-electron chi connectivity index (χ1n) is 10.1. The summed E-state index contributed by atoms with van der Waals surface area (Å²) in [7, 11) is 0. The van der Waals surface area contributed by atoms with E-state index in [1.807, 2.05) is 0 Å². The van der Waals surface area contributed by atoms with Crippen molar-refractivity contribution in [3.05, 3.63) is 84.4 Å². The second-order valence-electron chi connectivity index (χ2n) is 7.96. The highest BCUT2D eigenvalue weighted by Crippen LogP contribution is 2.47. The zero-order chi connectivity index (χ0) is 19.4. The van der Waals surface area contributed by atoms with Crippen molar-refractivity contribution in [2.24, 2.45) is 11.3 Å². The Morgan fingerprint density at radius 3 is 1.89 bits per heavy atom. The fourth-order valence-corrected chi connectivity index (χ4v) is 4.78. The van der Waals surface area contributed by atoms with Gasteiger partial charge in [0.2, 0.25) is 0 Å². The number of hydrogen-bond donors (Lipinski definition) is 0. The van der Waals surface area contributed by atoms with Crippen molar-refractivity contribution in [3.8, 4) is 0 Å². The largest absolute Gasteiger partial charge is 0.352 e. The van der Waals surface area contributed by atoms with E-state index in [1.165, 1.54) is 11.1 Å². The zero-order valence-electron chi connectivity index (χ0n) is 16.8. The first-order valence-corrected chi connectivity index (χ1v) is 10.5. The van der Waals surface area contributed by atoms with E-state index in [9.17, 15) is 0 Å². The molecule has 1 nitrogen and oxygen atoms in total. The SMILES string of the molecule is C=C[C@](C)(CC)[C@@H](C)C(=S)N1[C@@H](c2ccccc2)CC[C@@H]1c1ccccc1. The molecule has 2 aromatic rings. The molecule has 1 saturated heterocycles. The van der Waals surface area contributed by atoms with Gasteiger partial charge in [0.15, 0.2) is 0 Å². The standard InChI is InChI=1S/C25H31NS/c1-5-25(4,6-2)19(3)24(27)26-22(20-13-9-7-10-14-20)17-18-23(26)21-15-11-8-12-16-21/h5,7-16,19,22-23H,1,6,17-18H2,2-4H3/t19-,22+,23+,25+/m0/s1. The summed E-state index contributed by atoms with van der Waals surface area (Å²) in [5, 5.41) is 0. The van der Waals surface area contributed by atoms with Crippen LogP contribution in [0.25, 0.3) is 0 Å². The first-order chi connectivity index (χ1) is 13.0. The van der Waals surface area contributed by atoms with Crippen LogP contribution in [0.3, 0.4) is 0 Å². The molecule has 0 N–H and O–H groups in total. The molecule has 0 aliphatic carbocycles. The summed E-state index contributed by atoms with van der Waals surface area (Å²) in [5.41, 5.74) is 2.74. The number of allylic oxidation sites excluding steroid dienone is 1.